The lowest BCUT2D eigenvalue weighted by Crippen LogP contribution is -2.48. The summed E-state index contributed by atoms with van der Waals surface area (Å²) in [6.45, 7) is 6.01. The van der Waals surface area contributed by atoms with Crippen LogP contribution in [0.15, 0.2) is 30.3 Å². The van der Waals surface area contributed by atoms with E-state index < -0.39 is 5.60 Å². The smallest absolute Gasteiger partial charge is 0.0992 e. The zero-order chi connectivity index (χ0) is 12.2. The van der Waals surface area contributed by atoms with E-state index in [-0.39, 0.29) is 12.1 Å². The molecule has 0 saturated carbocycles. The first-order chi connectivity index (χ1) is 7.37. The number of β-amino-alcohol motifs (C(OH)–C–C–N with tert-alkyl or cyclic N) is 1. The Bertz CT molecular complexity index is 320. The third kappa shape index (κ3) is 3.59. The van der Waals surface area contributed by atoms with Crippen molar-refractivity contribution in [2.75, 3.05) is 13.2 Å². The molecule has 0 heterocycles. The molecule has 0 spiro atoms. The van der Waals surface area contributed by atoms with Crippen LogP contribution in [0.4, 0.5) is 0 Å². The zero-order valence-electron chi connectivity index (χ0n) is 10.2. The van der Waals surface area contributed by atoms with Gasteiger partial charge in [-0.1, -0.05) is 30.3 Å². The molecule has 0 aliphatic carbocycles. The van der Waals surface area contributed by atoms with Crippen LogP contribution < -0.4 is 5.32 Å². The van der Waals surface area contributed by atoms with E-state index in [0.717, 1.165) is 5.56 Å². The van der Waals surface area contributed by atoms with Gasteiger partial charge in [-0.25, -0.2) is 0 Å². The lowest BCUT2D eigenvalue weighted by Gasteiger charge is -2.31. The molecule has 1 rings (SSSR count). The molecule has 16 heavy (non-hydrogen) atoms. The molecule has 0 bridgehead atoms. The van der Waals surface area contributed by atoms with Gasteiger partial charge in [0.25, 0.3) is 0 Å². The van der Waals surface area contributed by atoms with Crippen molar-refractivity contribution in [2.45, 2.75) is 31.9 Å². The van der Waals surface area contributed by atoms with Gasteiger partial charge in [0, 0.05) is 12.1 Å². The Labute approximate surface area is 97.1 Å². The molecule has 0 fully saturated rings. The molecule has 1 aromatic rings. The number of hydrogen-bond acceptors (Lipinski definition) is 3. The lowest BCUT2D eigenvalue weighted by molar-refractivity contribution is 0.0434. The Hall–Kier alpha value is -0.900. The molecule has 3 heteroatoms. The minimum Gasteiger partial charge on any atom is -0.394 e. The first-order valence-corrected chi connectivity index (χ1v) is 5.51. The Morgan fingerprint density at radius 2 is 1.69 bits per heavy atom. The number of nitrogens with one attached hydrogen (secondary N) is 1. The van der Waals surface area contributed by atoms with Crippen LogP contribution in [0, 0.1) is 0 Å². The Balaban J connectivity index is 2.66. The van der Waals surface area contributed by atoms with Crippen LogP contribution >= 0.6 is 0 Å². The minimum atomic E-state index is -0.923. The van der Waals surface area contributed by atoms with E-state index in [0.29, 0.717) is 6.54 Å². The molecule has 0 amide bonds. The molecule has 0 saturated heterocycles. The highest BCUT2D eigenvalue weighted by molar-refractivity contribution is 5.21. The molecule has 0 aliphatic rings. The fourth-order valence-electron chi connectivity index (χ4n) is 1.37. The molecule has 3 N–H and O–H groups in total. The zero-order valence-corrected chi connectivity index (χ0v) is 10.2. The fourth-order valence-corrected chi connectivity index (χ4v) is 1.37. The number of aliphatic hydroxyl groups excluding tert-OH is 1. The fraction of sp³-hybridized carbons (Fsp3) is 0.538. The summed E-state index contributed by atoms with van der Waals surface area (Å²) < 4.78 is 0. The van der Waals surface area contributed by atoms with Crippen LogP contribution in [-0.2, 0) is 5.60 Å². The third-order valence-electron chi connectivity index (χ3n) is 2.70. The normalized spacial score (nSPS) is 15.8. The summed E-state index contributed by atoms with van der Waals surface area (Å²) in [5, 5.41) is 22.6. The second-order valence-corrected chi connectivity index (χ2v) is 5.04. The lowest BCUT2D eigenvalue weighted by atomic mass is 9.94. The van der Waals surface area contributed by atoms with E-state index >= 15 is 0 Å². The van der Waals surface area contributed by atoms with Crippen LogP contribution in [0.25, 0.3) is 0 Å². The highest BCUT2D eigenvalue weighted by atomic mass is 16.3. The molecule has 0 aromatic heterocycles. The van der Waals surface area contributed by atoms with Crippen molar-refractivity contribution in [3.05, 3.63) is 35.9 Å². The second-order valence-electron chi connectivity index (χ2n) is 5.04. The summed E-state index contributed by atoms with van der Waals surface area (Å²) >= 11 is 0. The summed E-state index contributed by atoms with van der Waals surface area (Å²) in [6.07, 6.45) is 0. The molecule has 0 aliphatic heterocycles. The number of aliphatic hydroxyl groups is 2. The number of benzene rings is 1. The average Bonchev–Trinajstić information content (AvgIpc) is 2.28. The largest absolute Gasteiger partial charge is 0.394 e. The van der Waals surface area contributed by atoms with Crippen molar-refractivity contribution < 1.29 is 10.2 Å². The molecule has 0 radical (unpaired) electrons. The first-order valence-electron chi connectivity index (χ1n) is 5.51. The van der Waals surface area contributed by atoms with Gasteiger partial charge in [0.1, 0.15) is 0 Å². The van der Waals surface area contributed by atoms with Crippen molar-refractivity contribution in [1.82, 2.24) is 5.32 Å². The number of rotatable bonds is 5. The quantitative estimate of drug-likeness (QED) is 0.704. The Morgan fingerprint density at radius 1 is 1.12 bits per heavy atom. The van der Waals surface area contributed by atoms with E-state index in [2.05, 4.69) is 5.32 Å². The van der Waals surface area contributed by atoms with Crippen molar-refractivity contribution in [3.8, 4) is 0 Å². The highest BCUT2D eigenvalue weighted by Crippen LogP contribution is 2.19. The highest BCUT2D eigenvalue weighted by Gasteiger charge is 2.26. The van der Waals surface area contributed by atoms with E-state index in [1.807, 2.05) is 44.2 Å². The first kappa shape index (κ1) is 13.2. The monoisotopic (exact) mass is 223 g/mol. The maximum absolute atomic E-state index is 10.3. The molecule has 3 nitrogen and oxygen atoms in total. The van der Waals surface area contributed by atoms with Crippen molar-refractivity contribution in [1.29, 1.82) is 0 Å². The summed E-state index contributed by atoms with van der Waals surface area (Å²) in [4.78, 5) is 0. The van der Waals surface area contributed by atoms with Crippen molar-refractivity contribution in [3.63, 3.8) is 0 Å². The van der Waals surface area contributed by atoms with Gasteiger partial charge in [-0.2, -0.15) is 0 Å². The Kier molecular flexibility index (Phi) is 4.08. The van der Waals surface area contributed by atoms with Crippen LogP contribution in [0.2, 0.25) is 0 Å². The van der Waals surface area contributed by atoms with E-state index in [1.54, 1.807) is 6.92 Å². The van der Waals surface area contributed by atoms with Crippen LogP contribution in [0.1, 0.15) is 26.3 Å². The van der Waals surface area contributed by atoms with Gasteiger partial charge in [-0.3, -0.25) is 0 Å². The van der Waals surface area contributed by atoms with Gasteiger partial charge in [-0.15, -0.1) is 0 Å². The Morgan fingerprint density at radius 3 is 2.19 bits per heavy atom. The maximum atomic E-state index is 10.3. The topological polar surface area (TPSA) is 52.5 Å². The van der Waals surface area contributed by atoms with Crippen LogP contribution in [0.3, 0.4) is 0 Å². The second kappa shape index (κ2) is 4.95. The van der Waals surface area contributed by atoms with Gasteiger partial charge in [-0.05, 0) is 26.3 Å². The predicted molar refractivity (Wildman–Crippen MR) is 65.2 cm³/mol. The average molecular weight is 223 g/mol. The van der Waals surface area contributed by atoms with E-state index in [4.69, 9.17) is 5.11 Å². The number of hydrogen-bond donors (Lipinski definition) is 3. The van der Waals surface area contributed by atoms with Gasteiger partial charge < -0.3 is 15.5 Å². The van der Waals surface area contributed by atoms with Crippen LogP contribution in [0.5, 0.6) is 0 Å². The van der Waals surface area contributed by atoms with E-state index in [1.165, 1.54) is 0 Å². The SMILES string of the molecule is CC(C)(CO)NCC(C)(O)c1ccccc1. The molecule has 1 aromatic carbocycles. The summed E-state index contributed by atoms with van der Waals surface area (Å²) in [7, 11) is 0. The summed E-state index contributed by atoms with van der Waals surface area (Å²) in [5.74, 6) is 0. The van der Waals surface area contributed by atoms with Crippen molar-refractivity contribution >= 4 is 0 Å². The molecular formula is C13H21NO2. The summed E-state index contributed by atoms with van der Waals surface area (Å²) in [5.41, 5.74) is -0.428. The predicted octanol–water partition coefficient (Wildman–Crippen LogP) is 1.25. The van der Waals surface area contributed by atoms with Crippen LogP contribution in [-0.4, -0.2) is 28.9 Å². The third-order valence-corrected chi connectivity index (χ3v) is 2.70. The van der Waals surface area contributed by atoms with E-state index in [9.17, 15) is 5.11 Å². The minimum absolute atomic E-state index is 0.0396. The molecule has 1 atom stereocenters. The molecule has 1 unspecified atom stereocenters. The molecular weight excluding hydrogens is 202 g/mol. The van der Waals surface area contributed by atoms with Crippen molar-refractivity contribution in [2.24, 2.45) is 0 Å². The van der Waals surface area contributed by atoms with Gasteiger partial charge in [0.05, 0.1) is 12.2 Å². The van der Waals surface area contributed by atoms with Gasteiger partial charge >= 0.3 is 0 Å². The van der Waals surface area contributed by atoms with Gasteiger partial charge in [0.2, 0.25) is 0 Å². The summed E-state index contributed by atoms with van der Waals surface area (Å²) in [6, 6.07) is 9.52. The maximum Gasteiger partial charge on any atom is 0.0992 e. The standard InChI is InChI=1S/C13H21NO2/c1-12(2,10-15)14-9-13(3,16)11-7-5-4-6-8-11/h4-8,14-16H,9-10H2,1-3H3. The molecule has 90 valence electrons. The van der Waals surface area contributed by atoms with Gasteiger partial charge in [0.15, 0.2) is 0 Å².